The highest BCUT2D eigenvalue weighted by molar-refractivity contribution is 7.21. The molecule has 0 aliphatic rings. The van der Waals surface area contributed by atoms with Gasteiger partial charge in [-0.05, 0) is 24.1 Å². The van der Waals surface area contributed by atoms with E-state index in [0.29, 0.717) is 0 Å². The minimum absolute atomic E-state index is 0.0869. The van der Waals surface area contributed by atoms with Crippen LogP contribution in [-0.4, -0.2) is 11.1 Å². The summed E-state index contributed by atoms with van der Waals surface area (Å²) in [5, 5.41) is 9.11. The normalized spacial score (nSPS) is 12.1. The Morgan fingerprint density at radius 3 is 2.53 bits per heavy atom. The minimum atomic E-state index is -4.54. The number of halogens is 4. The topological polar surface area (TPSA) is 37.3 Å². The van der Waals surface area contributed by atoms with Crippen LogP contribution in [0.1, 0.15) is 27.7 Å². The van der Waals surface area contributed by atoms with Crippen LogP contribution in [0.25, 0.3) is 10.1 Å². The molecule has 0 fully saturated rings. The van der Waals surface area contributed by atoms with Crippen LogP contribution in [0.4, 0.5) is 13.2 Å². The van der Waals surface area contributed by atoms with Crippen LogP contribution < -0.4 is 0 Å². The van der Waals surface area contributed by atoms with Gasteiger partial charge >= 0.3 is 12.1 Å². The number of benzene rings is 1. The van der Waals surface area contributed by atoms with E-state index in [2.05, 4.69) is 0 Å². The summed E-state index contributed by atoms with van der Waals surface area (Å²) in [6.45, 7) is 1.62. The van der Waals surface area contributed by atoms with Gasteiger partial charge in [-0.1, -0.05) is 18.5 Å². The van der Waals surface area contributed by atoms with Crippen molar-refractivity contribution in [3.8, 4) is 0 Å². The number of aryl methyl sites for hydroxylation is 1. The summed E-state index contributed by atoms with van der Waals surface area (Å²) in [5.41, 5.74) is -0.658. The van der Waals surface area contributed by atoms with Crippen molar-refractivity contribution in [1.82, 2.24) is 0 Å². The van der Waals surface area contributed by atoms with Crippen molar-refractivity contribution in [1.29, 1.82) is 0 Å². The monoisotopic (exact) mass is 308 g/mol. The maximum Gasteiger partial charge on any atom is 0.417 e. The summed E-state index contributed by atoms with van der Waals surface area (Å²) >= 11 is 6.66. The molecule has 0 aliphatic heterocycles. The molecule has 0 radical (unpaired) electrons. The third kappa shape index (κ3) is 2.30. The van der Waals surface area contributed by atoms with Gasteiger partial charge in [-0.25, -0.2) is 4.79 Å². The SMILES string of the molecule is CCc1c(C(=O)O)sc2c(Cl)ccc(C(F)(F)F)c12. The van der Waals surface area contributed by atoms with Crippen molar-refractivity contribution in [2.75, 3.05) is 0 Å². The van der Waals surface area contributed by atoms with Crippen LogP contribution in [0.5, 0.6) is 0 Å². The van der Waals surface area contributed by atoms with E-state index in [-0.39, 0.29) is 32.0 Å². The standard InChI is InChI=1S/C12H8ClF3O2S/c1-2-5-8-6(12(14,15)16)3-4-7(13)10(8)19-9(5)11(17)18/h3-4H,2H2,1H3,(H,17,18). The van der Waals surface area contributed by atoms with Gasteiger partial charge in [-0.15, -0.1) is 11.3 Å². The average molecular weight is 309 g/mol. The number of hydrogen-bond acceptors (Lipinski definition) is 2. The van der Waals surface area contributed by atoms with Gasteiger partial charge < -0.3 is 5.11 Å². The van der Waals surface area contributed by atoms with Crippen molar-refractivity contribution < 1.29 is 23.1 Å². The zero-order chi connectivity index (χ0) is 14.4. The molecule has 0 saturated carbocycles. The quantitative estimate of drug-likeness (QED) is 0.862. The maximum absolute atomic E-state index is 13.0. The Morgan fingerprint density at radius 2 is 2.05 bits per heavy atom. The number of carboxylic acid groups (broad SMARTS) is 1. The van der Waals surface area contributed by atoms with Crippen LogP contribution in [0.15, 0.2) is 12.1 Å². The Bertz CT molecular complexity index is 661. The number of fused-ring (bicyclic) bond motifs is 1. The molecule has 1 aromatic carbocycles. The largest absolute Gasteiger partial charge is 0.477 e. The van der Waals surface area contributed by atoms with Gasteiger partial charge in [0.1, 0.15) is 4.88 Å². The Labute approximate surface area is 115 Å². The Morgan fingerprint density at radius 1 is 1.42 bits per heavy atom. The molecule has 7 heteroatoms. The number of alkyl halides is 3. The second-order valence-corrected chi connectivity index (χ2v) is 5.29. The molecule has 1 N–H and O–H groups in total. The summed E-state index contributed by atoms with van der Waals surface area (Å²) in [7, 11) is 0. The maximum atomic E-state index is 13.0. The first kappa shape index (κ1) is 14.1. The van der Waals surface area contributed by atoms with Crippen LogP contribution >= 0.6 is 22.9 Å². The first-order chi connectivity index (χ1) is 8.77. The number of carbonyl (C=O) groups is 1. The van der Waals surface area contributed by atoms with E-state index < -0.39 is 17.7 Å². The molecule has 0 saturated heterocycles. The number of hydrogen-bond donors (Lipinski definition) is 1. The molecule has 2 nitrogen and oxygen atoms in total. The molecule has 2 rings (SSSR count). The lowest BCUT2D eigenvalue weighted by atomic mass is 10.0. The highest BCUT2D eigenvalue weighted by atomic mass is 35.5. The van der Waals surface area contributed by atoms with Crippen molar-refractivity contribution in [2.24, 2.45) is 0 Å². The summed E-state index contributed by atoms with van der Waals surface area (Å²) < 4.78 is 39.1. The van der Waals surface area contributed by atoms with E-state index in [1.165, 1.54) is 0 Å². The molecule has 0 bridgehead atoms. The second-order valence-electron chi connectivity index (χ2n) is 3.87. The van der Waals surface area contributed by atoms with E-state index in [9.17, 15) is 18.0 Å². The zero-order valence-corrected chi connectivity index (χ0v) is 11.2. The molecule has 1 aromatic heterocycles. The molecule has 0 aliphatic carbocycles. The highest BCUT2D eigenvalue weighted by Crippen LogP contribution is 2.44. The second kappa shape index (κ2) is 4.68. The molecule has 0 spiro atoms. The minimum Gasteiger partial charge on any atom is -0.477 e. The van der Waals surface area contributed by atoms with Crippen LogP contribution in [-0.2, 0) is 12.6 Å². The van der Waals surface area contributed by atoms with Crippen molar-refractivity contribution in [3.05, 3.63) is 33.2 Å². The molecule has 2 aromatic rings. The van der Waals surface area contributed by atoms with Gasteiger partial charge in [-0.3, -0.25) is 0 Å². The number of aromatic carboxylic acids is 1. The van der Waals surface area contributed by atoms with Gasteiger partial charge in [0, 0.05) is 5.39 Å². The summed E-state index contributed by atoms with van der Waals surface area (Å²) in [4.78, 5) is 11.0. The molecule has 0 amide bonds. The van der Waals surface area contributed by atoms with E-state index in [4.69, 9.17) is 16.7 Å². The predicted molar refractivity (Wildman–Crippen MR) is 68.2 cm³/mol. The van der Waals surface area contributed by atoms with Crippen molar-refractivity contribution >= 4 is 39.0 Å². The first-order valence-corrected chi connectivity index (χ1v) is 6.51. The smallest absolute Gasteiger partial charge is 0.417 e. The van der Waals surface area contributed by atoms with Gasteiger partial charge in [0.25, 0.3) is 0 Å². The molecule has 102 valence electrons. The average Bonchev–Trinajstić information content (AvgIpc) is 2.67. The Balaban J connectivity index is 2.95. The molecule has 19 heavy (non-hydrogen) atoms. The lowest BCUT2D eigenvalue weighted by Crippen LogP contribution is -2.06. The fraction of sp³-hybridized carbons (Fsp3) is 0.250. The van der Waals surface area contributed by atoms with Gasteiger partial charge in [0.2, 0.25) is 0 Å². The summed E-state index contributed by atoms with van der Waals surface area (Å²) in [5.74, 6) is -1.23. The summed E-state index contributed by atoms with van der Waals surface area (Å²) in [6, 6.07) is 2.04. The van der Waals surface area contributed by atoms with E-state index in [1.807, 2.05) is 0 Å². The first-order valence-electron chi connectivity index (χ1n) is 5.31. The van der Waals surface area contributed by atoms with Gasteiger partial charge in [0.15, 0.2) is 0 Å². The number of rotatable bonds is 2. The number of carboxylic acids is 1. The van der Waals surface area contributed by atoms with E-state index in [1.54, 1.807) is 6.92 Å². The lowest BCUT2D eigenvalue weighted by molar-refractivity contribution is -0.136. The molecular weight excluding hydrogens is 301 g/mol. The number of thiophene rings is 1. The highest BCUT2D eigenvalue weighted by Gasteiger charge is 2.35. The van der Waals surface area contributed by atoms with Crippen LogP contribution in [0, 0.1) is 0 Å². The molecule has 1 heterocycles. The summed E-state index contributed by atoms with van der Waals surface area (Å²) in [6.07, 6.45) is -4.34. The van der Waals surface area contributed by atoms with Crippen molar-refractivity contribution in [3.63, 3.8) is 0 Å². The fourth-order valence-electron chi connectivity index (χ4n) is 1.98. The Kier molecular flexibility index (Phi) is 3.49. The van der Waals surface area contributed by atoms with Gasteiger partial charge in [-0.2, -0.15) is 13.2 Å². The van der Waals surface area contributed by atoms with Crippen LogP contribution in [0.3, 0.4) is 0 Å². The third-order valence-electron chi connectivity index (χ3n) is 2.74. The van der Waals surface area contributed by atoms with Gasteiger partial charge in [0.05, 0.1) is 15.3 Å². The molecule has 0 unspecified atom stereocenters. The van der Waals surface area contributed by atoms with Crippen LogP contribution in [0.2, 0.25) is 5.02 Å². The molecular formula is C12H8ClF3O2S. The van der Waals surface area contributed by atoms with E-state index in [0.717, 1.165) is 23.5 Å². The lowest BCUT2D eigenvalue weighted by Gasteiger charge is -2.10. The predicted octanol–water partition coefficient (Wildman–Crippen LogP) is 4.83. The van der Waals surface area contributed by atoms with Crippen molar-refractivity contribution in [2.45, 2.75) is 19.5 Å². The third-order valence-corrected chi connectivity index (χ3v) is 4.42. The Hall–Kier alpha value is -1.27. The van der Waals surface area contributed by atoms with E-state index >= 15 is 0 Å². The fourth-order valence-corrected chi connectivity index (χ4v) is 3.42. The zero-order valence-electron chi connectivity index (χ0n) is 9.64. The molecule has 0 atom stereocenters.